The van der Waals surface area contributed by atoms with Crippen molar-refractivity contribution < 1.29 is 19.5 Å². The quantitative estimate of drug-likeness (QED) is 0.816. The Balaban J connectivity index is 1.70. The van der Waals surface area contributed by atoms with Gasteiger partial charge in [-0.3, -0.25) is 9.59 Å². The number of piperidine rings is 1. The van der Waals surface area contributed by atoms with Crippen LogP contribution in [-0.2, 0) is 9.59 Å². The Labute approximate surface area is 170 Å². The highest BCUT2D eigenvalue weighted by Gasteiger charge is 2.31. The maximum absolute atomic E-state index is 12.8. The number of hydrogen-bond donors (Lipinski definition) is 2. The van der Waals surface area contributed by atoms with Gasteiger partial charge in [0.05, 0.1) is 5.92 Å². The van der Waals surface area contributed by atoms with Crippen LogP contribution in [0.3, 0.4) is 0 Å². The molecule has 0 spiro atoms. The highest BCUT2D eigenvalue weighted by atomic mass is 16.4. The molecule has 2 aromatic carbocycles. The molecule has 0 bridgehead atoms. The van der Waals surface area contributed by atoms with E-state index in [4.69, 9.17) is 0 Å². The zero-order chi connectivity index (χ0) is 21.0. The fourth-order valence-electron chi connectivity index (χ4n) is 3.63. The van der Waals surface area contributed by atoms with Gasteiger partial charge in [0.1, 0.15) is 0 Å². The van der Waals surface area contributed by atoms with Gasteiger partial charge >= 0.3 is 5.97 Å². The van der Waals surface area contributed by atoms with Crippen LogP contribution in [-0.4, -0.2) is 40.9 Å². The average Bonchev–Trinajstić information content (AvgIpc) is 2.74. The van der Waals surface area contributed by atoms with E-state index in [9.17, 15) is 19.5 Å². The average molecular weight is 394 g/mol. The third kappa shape index (κ3) is 4.83. The molecule has 2 amide bonds. The summed E-state index contributed by atoms with van der Waals surface area (Å²) >= 11 is 0. The Kier molecular flexibility index (Phi) is 6.32. The summed E-state index contributed by atoms with van der Waals surface area (Å²) in [4.78, 5) is 39.0. The number of rotatable bonds is 5. The molecule has 2 N–H and O–H groups in total. The number of carbonyl (C=O) groups excluding carboxylic acids is 2. The zero-order valence-electron chi connectivity index (χ0n) is 16.7. The first-order chi connectivity index (χ1) is 13.9. The van der Waals surface area contributed by atoms with Crippen molar-refractivity contribution in [3.8, 4) is 0 Å². The number of benzene rings is 2. The number of aryl methyl sites for hydroxylation is 2. The lowest BCUT2D eigenvalue weighted by Crippen LogP contribution is -2.47. The van der Waals surface area contributed by atoms with Gasteiger partial charge < -0.3 is 15.3 Å². The van der Waals surface area contributed by atoms with E-state index in [-0.39, 0.29) is 11.8 Å². The van der Waals surface area contributed by atoms with Crippen molar-refractivity contribution in [1.82, 2.24) is 10.2 Å². The summed E-state index contributed by atoms with van der Waals surface area (Å²) in [5, 5.41) is 12.3. The van der Waals surface area contributed by atoms with E-state index in [1.165, 1.54) is 0 Å². The topological polar surface area (TPSA) is 86.7 Å². The van der Waals surface area contributed by atoms with Gasteiger partial charge in [0.25, 0.3) is 5.91 Å². The summed E-state index contributed by atoms with van der Waals surface area (Å²) in [6, 6.07) is 13.2. The molecular weight excluding hydrogens is 368 g/mol. The molecule has 152 valence electrons. The standard InChI is InChI=1S/C23H26N2O4/c1-15-10-11-18(13-16(15)2)20(23(28)29)24-21(26)19-9-6-12-25(14-19)22(27)17-7-4-3-5-8-17/h3-5,7-8,10-11,13,19-20H,6,9,12,14H2,1-2H3,(H,24,26)(H,28,29). The summed E-state index contributed by atoms with van der Waals surface area (Å²) in [5.74, 6) is -1.97. The molecule has 0 radical (unpaired) electrons. The molecule has 29 heavy (non-hydrogen) atoms. The second-order valence-corrected chi connectivity index (χ2v) is 7.58. The molecule has 3 rings (SSSR count). The molecule has 1 aliphatic rings. The molecule has 1 fully saturated rings. The molecule has 0 aromatic heterocycles. The molecule has 6 heteroatoms. The fraction of sp³-hybridized carbons (Fsp3) is 0.348. The van der Waals surface area contributed by atoms with Crippen LogP contribution in [0, 0.1) is 19.8 Å². The van der Waals surface area contributed by atoms with E-state index in [0.717, 1.165) is 11.1 Å². The van der Waals surface area contributed by atoms with E-state index >= 15 is 0 Å². The predicted octanol–water partition coefficient (Wildman–Crippen LogP) is 3.10. The van der Waals surface area contributed by atoms with Gasteiger partial charge in [0.2, 0.25) is 5.91 Å². The van der Waals surface area contributed by atoms with Gasteiger partial charge in [-0.15, -0.1) is 0 Å². The summed E-state index contributed by atoms with van der Waals surface area (Å²) in [6.07, 6.45) is 1.34. The lowest BCUT2D eigenvalue weighted by Gasteiger charge is -2.32. The molecule has 1 aliphatic heterocycles. The monoisotopic (exact) mass is 394 g/mol. The van der Waals surface area contributed by atoms with Crippen molar-refractivity contribution in [2.75, 3.05) is 13.1 Å². The van der Waals surface area contributed by atoms with Gasteiger partial charge in [-0.2, -0.15) is 0 Å². The lowest BCUT2D eigenvalue weighted by molar-refractivity contribution is -0.143. The summed E-state index contributed by atoms with van der Waals surface area (Å²) in [5.41, 5.74) is 3.17. The molecule has 6 nitrogen and oxygen atoms in total. The van der Waals surface area contributed by atoms with E-state index in [1.807, 2.05) is 38.1 Å². The Bertz CT molecular complexity index is 910. The number of aliphatic carboxylic acids is 1. The summed E-state index contributed by atoms with van der Waals surface area (Å²) in [7, 11) is 0. The second kappa shape index (κ2) is 8.90. The first-order valence-electron chi connectivity index (χ1n) is 9.81. The second-order valence-electron chi connectivity index (χ2n) is 7.58. The van der Waals surface area contributed by atoms with Crippen LogP contribution in [0.4, 0.5) is 0 Å². The third-order valence-electron chi connectivity index (χ3n) is 5.50. The summed E-state index contributed by atoms with van der Waals surface area (Å²) < 4.78 is 0. The van der Waals surface area contributed by atoms with Gasteiger partial charge in [0, 0.05) is 18.7 Å². The van der Waals surface area contributed by atoms with Crippen LogP contribution in [0.2, 0.25) is 0 Å². The number of carboxylic acid groups (broad SMARTS) is 1. The van der Waals surface area contributed by atoms with Crippen LogP contribution in [0.15, 0.2) is 48.5 Å². The minimum atomic E-state index is -1.11. The van der Waals surface area contributed by atoms with E-state index in [1.54, 1.807) is 29.2 Å². The van der Waals surface area contributed by atoms with Gasteiger partial charge in [-0.25, -0.2) is 4.79 Å². The van der Waals surface area contributed by atoms with Crippen LogP contribution in [0.5, 0.6) is 0 Å². The predicted molar refractivity (Wildman–Crippen MR) is 110 cm³/mol. The third-order valence-corrected chi connectivity index (χ3v) is 5.50. The number of carboxylic acids is 1. The highest BCUT2D eigenvalue weighted by Crippen LogP contribution is 2.22. The van der Waals surface area contributed by atoms with E-state index < -0.39 is 17.9 Å². The van der Waals surface area contributed by atoms with Gasteiger partial charge in [-0.05, 0) is 55.5 Å². The van der Waals surface area contributed by atoms with Crippen LogP contribution in [0.25, 0.3) is 0 Å². The zero-order valence-corrected chi connectivity index (χ0v) is 16.7. The smallest absolute Gasteiger partial charge is 0.330 e. The minimum absolute atomic E-state index is 0.105. The Morgan fingerprint density at radius 1 is 1.07 bits per heavy atom. The summed E-state index contributed by atoms with van der Waals surface area (Å²) in [6.45, 7) is 4.75. The Morgan fingerprint density at radius 3 is 2.45 bits per heavy atom. The van der Waals surface area contributed by atoms with Crippen molar-refractivity contribution in [1.29, 1.82) is 0 Å². The fourth-order valence-corrected chi connectivity index (χ4v) is 3.63. The SMILES string of the molecule is Cc1ccc(C(NC(=O)C2CCCN(C(=O)c3ccccc3)C2)C(=O)O)cc1C. The largest absolute Gasteiger partial charge is 0.479 e. The van der Waals surface area contributed by atoms with Crippen molar-refractivity contribution >= 4 is 17.8 Å². The van der Waals surface area contributed by atoms with Crippen molar-refractivity contribution in [2.24, 2.45) is 5.92 Å². The maximum Gasteiger partial charge on any atom is 0.330 e. The number of nitrogens with zero attached hydrogens (tertiary/aromatic N) is 1. The number of likely N-dealkylation sites (tertiary alicyclic amines) is 1. The molecule has 2 unspecified atom stereocenters. The number of nitrogens with one attached hydrogen (secondary N) is 1. The first-order valence-corrected chi connectivity index (χ1v) is 9.81. The van der Waals surface area contributed by atoms with E-state index in [2.05, 4.69) is 5.32 Å². The van der Waals surface area contributed by atoms with E-state index in [0.29, 0.717) is 37.1 Å². The normalized spacial score (nSPS) is 17.4. The van der Waals surface area contributed by atoms with Gasteiger partial charge in [-0.1, -0.05) is 36.4 Å². The maximum atomic E-state index is 12.8. The van der Waals surface area contributed by atoms with Gasteiger partial charge in [0.15, 0.2) is 6.04 Å². The Hall–Kier alpha value is -3.15. The van der Waals surface area contributed by atoms with Crippen LogP contribution >= 0.6 is 0 Å². The van der Waals surface area contributed by atoms with Crippen molar-refractivity contribution in [3.05, 3.63) is 70.8 Å². The number of carbonyl (C=O) groups is 3. The molecule has 1 heterocycles. The molecule has 0 saturated carbocycles. The highest BCUT2D eigenvalue weighted by molar-refractivity contribution is 5.95. The van der Waals surface area contributed by atoms with Crippen molar-refractivity contribution in [2.45, 2.75) is 32.7 Å². The first kappa shape index (κ1) is 20.6. The van der Waals surface area contributed by atoms with Crippen LogP contribution < -0.4 is 5.32 Å². The number of amides is 2. The minimum Gasteiger partial charge on any atom is -0.479 e. The Morgan fingerprint density at radius 2 is 1.79 bits per heavy atom. The molecule has 2 aromatic rings. The molecule has 1 saturated heterocycles. The van der Waals surface area contributed by atoms with Crippen LogP contribution in [0.1, 0.15) is 45.9 Å². The molecule has 2 atom stereocenters. The van der Waals surface area contributed by atoms with Crippen molar-refractivity contribution in [3.63, 3.8) is 0 Å². The molecule has 0 aliphatic carbocycles. The lowest BCUT2D eigenvalue weighted by atomic mass is 9.95. The molecular formula is C23H26N2O4. The number of hydrogen-bond acceptors (Lipinski definition) is 3.